The van der Waals surface area contributed by atoms with Gasteiger partial charge in [-0.05, 0) is 31.5 Å². The average Bonchev–Trinajstić information content (AvgIpc) is 3.02. The molecule has 0 bridgehead atoms. The Morgan fingerprint density at radius 1 is 1.30 bits per heavy atom. The zero-order chi connectivity index (χ0) is 14.4. The number of unbranched alkanes of at least 4 members (excludes halogenated alkanes) is 1. The van der Waals surface area contributed by atoms with Crippen LogP contribution in [0.25, 0.3) is 0 Å². The highest BCUT2D eigenvalue weighted by atomic mass is 16.2. The van der Waals surface area contributed by atoms with Crippen LogP contribution in [0, 0.1) is 0 Å². The van der Waals surface area contributed by atoms with Crippen molar-refractivity contribution in [2.75, 3.05) is 11.4 Å². The first-order valence-corrected chi connectivity index (χ1v) is 7.09. The van der Waals surface area contributed by atoms with Crippen LogP contribution >= 0.6 is 0 Å². The number of benzene rings is 1. The third kappa shape index (κ3) is 3.26. The lowest BCUT2D eigenvalue weighted by molar-refractivity contribution is -0.121. The molecule has 0 radical (unpaired) electrons. The van der Waals surface area contributed by atoms with Crippen molar-refractivity contribution in [3.63, 3.8) is 0 Å². The maximum absolute atomic E-state index is 12.7. The van der Waals surface area contributed by atoms with Gasteiger partial charge in [0.15, 0.2) is 0 Å². The Bertz CT molecular complexity index is 522. The van der Waals surface area contributed by atoms with Crippen molar-refractivity contribution < 1.29 is 4.79 Å². The van der Waals surface area contributed by atoms with Gasteiger partial charge in [-0.2, -0.15) is 5.10 Å². The van der Waals surface area contributed by atoms with Gasteiger partial charge < -0.3 is 4.90 Å². The lowest BCUT2D eigenvalue weighted by atomic mass is 10.2. The van der Waals surface area contributed by atoms with Gasteiger partial charge in [-0.25, -0.2) is 0 Å². The Hall–Kier alpha value is -2.10. The number of hydrogen-bond donors (Lipinski definition) is 0. The minimum absolute atomic E-state index is 0.0772. The van der Waals surface area contributed by atoms with E-state index in [9.17, 15) is 4.79 Å². The molecule has 106 valence electrons. The molecule has 0 fully saturated rings. The molecule has 0 saturated carbocycles. The van der Waals surface area contributed by atoms with Crippen LogP contribution in [0.3, 0.4) is 0 Å². The van der Waals surface area contributed by atoms with Crippen molar-refractivity contribution in [1.82, 2.24) is 9.78 Å². The third-order valence-corrected chi connectivity index (χ3v) is 3.35. The lowest BCUT2D eigenvalue weighted by Crippen LogP contribution is -2.37. The Kier molecular flexibility index (Phi) is 4.93. The second kappa shape index (κ2) is 6.89. The van der Waals surface area contributed by atoms with Crippen molar-refractivity contribution in [3.05, 3.63) is 48.8 Å². The van der Waals surface area contributed by atoms with E-state index in [-0.39, 0.29) is 11.9 Å². The molecule has 0 spiro atoms. The van der Waals surface area contributed by atoms with Gasteiger partial charge in [-0.1, -0.05) is 31.5 Å². The molecule has 2 aromatic rings. The molecular weight excluding hydrogens is 250 g/mol. The predicted octanol–water partition coefficient (Wildman–Crippen LogP) is 3.28. The average molecular weight is 271 g/mol. The van der Waals surface area contributed by atoms with Crippen molar-refractivity contribution in [3.8, 4) is 0 Å². The zero-order valence-electron chi connectivity index (χ0n) is 12.1. The molecule has 1 atom stereocenters. The maximum atomic E-state index is 12.7. The number of amides is 1. The fourth-order valence-electron chi connectivity index (χ4n) is 2.14. The molecule has 0 aliphatic heterocycles. The molecule has 4 nitrogen and oxygen atoms in total. The number of nitrogens with zero attached hydrogens (tertiary/aromatic N) is 3. The Balaban J connectivity index is 2.20. The topological polar surface area (TPSA) is 38.1 Å². The van der Waals surface area contributed by atoms with Gasteiger partial charge in [-0.3, -0.25) is 9.48 Å². The summed E-state index contributed by atoms with van der Waals surface area (Å²) in [5.74, 6) is 0.0772. The van der Waals surface area contributed by atoms with Crippen LogP contribution < -0.4 is 4.90 Å². The van der Waals surface area contributed by atoms with E-state index >= 15 is 0 Å². The van der Waals surface area contributed by atoms with Gasteiger partial charge in [0.2, 0.25) is 0 Å². The van der Waals surface area contributed by atoms with E-state index in [0.29, 0.717) is 0 Å². The molecule has 4 heteroatoms. The van der Waals surface area contributed by atoms with Crippen LogP contribution in [-0.4, -0.2) is 22.2 Å². The lowest BCUT2D eigenvalue weighted by Gasteiger charge is -2.26. The fourth-order valence-corrected chi connectivity index (χ4v) is 2.14. The molecular formula is C16H21N3O. The maximum Gasteiger partial charge on any atom is 0.251 e. The number of aromatic nitrogens is 2. The summed E-state index contributed by atoms with van der Waals surface area (Å²) in [6, 6.07) is 11.4. The van der Waals surface area contributed by atoms with Crippen LogP contribution in [0.15, 0.2) is 48.8 Å². The smallest absolute Gasteiger partial charge is 0.251 e. The zero-order valence-corrected chi connectivity index (χ0v) is 12.1. The van der Waals surface area contributed by atoms with E-state index in [1.54, 1.807) is 10.9 Å². The van der Waals surface area contributed by atoms with Gasteiger partial charge in [0.05, 0.1) is 0 Å². The van der Waals surface area contributed by atoms with Gasteiger partial charge in [-0.15, -0.1) is 0 Å². The third-order valence-electron chi connectivity index (χ3n) is 3.35. The molecule has 2 rings (SSSR count). The molecule has 1 unspecified atom stereocenters. The first-order valence-electron chi connectivity index (χ1n) is 7.09. The standard InChI is InChI=1S/C16H21N3O/c1-3-4-12-18(15-9-6-5-7-10-15)16(20)14(2)19-13-8-11-17-19/h5-11,13-14H,3-4,12H2,1-2H3. The normalized spacial score (nSPS) is 12.1. The summed E-state index contributed by atoms with van der Waals surface area (Å²) in [4.78, 5) is 14.6. The summed E-state index contributed by atoms with van der Waals surface area (Å²) >= 11 is 0. The van der Waals surface area contributed by atoms with Crippen LogP contribution in [0.2, 0.25) is 0 Å². The highest BCUT2D eigenvalue weighted by molar-refractivity contribution is 5.95. The SMILES string of the molecule is CCCCN(C(=O)C(C)n1cccn1)c1ccccc1. The first kappa shape index (κ1) is 14.3. The summed E-state index contributed by atoms with van der Waals surface area (Å²) in [7, 11) is 0. The van der Waals surface area contributed by atoms with Gasteiger partial charge in [0, 0.05) is 24.6 Å². The summed E-state index contributed by atoms with van der Waals surface area (Å²) < 4.78 is 1.70. The quantitative estimate of drug-likeness (QED) is 0.808. The van der Waals surface area contributed by atoms with E-state index in [1.165, 1.54) is 0 Å². The van der Waals surface area contributed by atoms with Crippen molar-refractivity contribution in [1.29, 1.82) is 0 Å². The number of rotatable bonds is 6. The Labute approximate surface area is 120 Å². The summed E-state index contributed by atoms with van der Waals surface area (Å²) in [5, 5.41) is 4.16. The largest absolute Gasteiger partial charge is 0.311 e. The number of hydrogen-bond acceptors (Lipinski definition) is 2. The minimum Gasteiger partial charge on any atom is -0.311 e. The molecule has 20 heavy (non-hydrogen) atoms. The Morgan fingerprint density at radius 2 is 2.05 bits per heavy atom. The molecule has 0 aliphatic rings. The fraction of sp³-hybridized carbons (Fsp3) is 0.375. The van der Waals surface area contributed by atoms with Crippen molar-refractivity contribution >= 4 is 11.6 Å². The highest BCUT2D eigenvalue weighted by Crippen LogP contribution is 2.19. The van der Waals surface area contributed by atoms with Gasteiger partial charge >= 0.3 is 0 Å². The van der Waals surface area contributed by atoms with Crippen LogP contribution in [0.4, 0.5) is 5.69 Å². The second-order valence-corrected chi connectivity index (χ2v) is 4.84. The molecule has 1 amide bonds. The molecule has 0 N–H and O–H groups in total. The monoisotopic (exact) mass is 271 g/mol. The van der Waals surface area contributed by atoms with Crippen LogP contribution in [0.5, 0.6) is 0 Å². The number of anilines is 1. The van der Waals surface area contributed by atoms with E-state index in [4.69, 9.17) is 0 Å². The van der Waals surface area contributed by atoms with E-state index in [1.807, 2.05) is 54.4 Å². The summed E-state index contributed by atoms with van der Waals surface area (Å²) in [6.07, 6.45) is 5.58. The van der Waals surface area contributed by atoms with E-state index < -0.39 is 0 Å². The van der Waals surface area contributed by atoms with Gasteiger partial charge in [0.25, 0.3) is 5.91 Å². The van der Waals surface area contributed by atoms with E-state index in [2.05, 4.69) is 12.0 Å². The predicted molar refractivity (Wildman–Crippen MR) is 80.6 cm³/mol. The molecule has 1 aromatic carbocycles. The first-order chi connectivity index (χ1) is 9.74. The van der Waals surface area contributed by atoms with Crippen LogP contribution in [0.1, 0.15) is 32.7 Å². The van der Waals surface area contributed by atoms with Crippen LogP contribution in [-0.2, 0) is 4.79 Å². The summed E-state index contributed by atoms with van der Waals surface area (Å²) in [5.41, 5.74) is 0.949. The number of carbonyl (C=O) groups excluding carboxylic acids is 1. The molecule has 0 aliphatic carbocycles. The highest BCUT2D eigenvalue weighted by Gasteiger charge is 2.22. The number of carbonyl (C=O) groups is 1. The molecule has 1 heterocycles. The number of para-hydroxylation sites is 1. The Morgan fingerprint density at radius 3 is 2.65 bits per heavy atom. The van der Waals surface area contributed by atoms with Crippen molar-refractivity contribution in [2.45, 2.75) is 32.7 Å². The second-order valence-electron chi connectivity index (χ2n) is 4.84. The van der Waals surface area contributed by atoms with Crippen molar-refractivity contribution in [2.24, 2.45) is 0 Å². The molecule has 1 aromatic heterocycles. The minimum atomic E-state index is -0.290. The van der Waals surface area contributed by atoms with E-state index in [0.717, 1.165) is 25.1 Å². The molecule has 0 saturated heterocycles. The van der Waals surface area contributed by atoms with Gasteiger partial charge in [0.1, 0.15) is 6.04 Å². The summed E-state index contributed by atoms with van der Waals surface area (Å²) in [6.45, 7) is 4.76.